The first-order chi connectivity index (χ1) is 12.3. The van der Waals surface area contributed by atoms with Crippen LogP contribution in [0.3, 0.4) is 0 Å². The Balaban J connectivity index is 2.15. The molecule has 0 radical (unpaired) electrons. The molecule has 4 nitrogen and oxygen atoms in total. The van der Waals surface area contributed by atoms with E-state index in [1.807, 2.05) is 25.8 Å². The van der Waals surface area contributed by atoms with Crippen LogP contribution in [0.4, 0.5) is 14.5 Å². The molecule has 0 N–H and O–H groups in total. The van der Waals surface area contributed by atoms with Crippen LogP contribution in [-0.2, 0) is 11.3 Å². The third-order valence-electron chi connectivity index (χ3n) is 4.24. The average molecular weight is 360 g/mol. The molecule has 0 aliphatic rings. The van der Waals surface area contributed by atoms with Gasteiger partial charge in [0.2, 0.25) is 0 Å². The van der Waals surface area contributed by atoms with E-state index in [4.69, 9.17) is 4.74 Å². The first kappa shape index (κ1) is 19.6. The van der Waals surface area contributed by atoms with Gasteiger partial charge in [0.25, 0.3) is 0 Å². The van der Waals surface area contributed by atoms with Crippen molar-refractivity contribution in [3.63, 3.8) is 0 Å². The maximum Gasteiger partial charge on any atom is 0.338 e. The van der Waals surface area contributed by atoms with Crippen molar-refractivity contribution in [3.8, 4) is 0 Å². The zero-order chi connectivity index (χ0) is 19.3. The molecule has 138 valence electrons. The van der Waals surface area contributed by atoms with Gasteiger partial charge in [0.15, 0.2) is 0 Å². The van der Waals surface area contributed by atoms with Gasteiger partial charge in [-0.15, -0.1) is 0 Å². The molecular formula is C20H22F2N2O2. The smallest absolute Gasteiger partial charge is 0.338 e. The summed E-state index contributed by atoms with van der Waals surface area (Å²) < 4.78 is 32.0. The highest BCUT2D eigenvalue weighted by molar-refractivity contribution is 5.92. The van der Waals surface area contributed by atoms with Gasteiger partial charge in [-0.3, -0.25) is 0 Å². The number of aliphatic imine (C=N–C) groups is 1. The largest absolute Gasteiger partial charge is 0.457 e. The molecule has 6 heteroatoms. The van der Waals surface area contributed by atoms with E-state index in [1.165, 1.54) is 0 Å². The van der Waals surface area contributed by atoms with E-state index >= 15 is 0 Å². The van der Waals surface area contributed by atoms with E-state index in [0.29, 0.717) is 5.56 Å². The van der Waals surface area contributed by atoms with Gasteiger partial charge < -0.3 is 9.64 Å². The van der Waals surface area contributed by atoms with Crippen molar-refractivity contribution < 1.29 is 18.3 Å². The minimum Gasteiger partial charge on any atom is -0.457 e. The minimum atomic E-state index is -0.614. The van der Waals surface area contributed by atoms with Gasteiger partial charge >= 0.3 is 5.97 Å². The van der Waals surface area contributed by atoms with Crippen LogP contribution < -0.4 is 0 Å². The van der Waals surface area contributed by atoms with Crippen molar-refractivity contribution in [2.75, 3.05) is 13.6 Å². The standard InChI is InChI=1S/C20H22F2N2O2/c1-5-24(4)12-23-19-9-7-17(13(2)14(19)3)20(25)26-11-15-10-16(21)6-8-18(15)22/h6-10,12H,5,11H2,1-4H3/b23-12+. The quantitative estimate of drug-likeness (QED) is 0.431. The Labute approximate surface area is 152 Å². The molecule has 2 rings (SSSR count). The molecule has 0 spiro atoms. The van der Waals surface area contributed by atoms with Crippen molar-refractivity contribution in [1.82, 2.24) is 4.90 Å². The summed E-state index contributed by atoms with van der Waals surface area (Å²) in [6, 6.07) is 6.41. The van der Waals surface area contributed by atoms with Crippen LogP contribution in [0.2, 0.25) is 0 Å². The predicted octanol–water partition coefficient (Wildman–Crippen LogP) is 4.55. The molecule has 0 unspecified atom stereocenters. The first-order valence-corrected chi connectivity index (χ1v) is 8.29. The highest BCUT2D eigenvalue weighted by Crippen LogP contribution is 2.25. The number of nitrogens with zero attached hydrogens (tertiary/aromatic N) is 2. The number of esters is 1. The van der Waals surface area contributed by atoms with E-state index in [-0.39, 0.29) is 12.2 Å². The highest BCUT2D eigenvalue weighted by Gasteiger charge is 2.15. The molecule has 0 bridgehead atoms. The number of carbonyl (C=O) groups is 1. The maximum absolute atomic E-state index is 13.6. The van der Waals surface area contributed by atoms with E-state index in [2.05, 4.69) is 4.99 Å². The molecule has 0 amide bonds. The molecule has 2 aromatic carbocycles. The summed E-state index contributed by atoms with van der Waals surface area (Å²) in [6.07, 6.45) is 1.73. The molecule has 0 atom stereocenters. The highest BCUT2D eigenvalue weighted by atomic mass is 19.1. The zero-order valence-electron chi connectivity index (χ0n) is 15.3. The lowest BCUT2D eigenvalue weighted by Crippen LogP contribution is -2.14. The number of ether oxygens (including phenoxy) is 1. The molecule has 0 aromatic heterocycles. The van der Waals surface area contributed by atoms with Crippen LogP contribution in [0.25, 0.3) is 0 Å². The summed E-state index contributed by atoms with van der Waals surface area (Å²) >= 11 is 0. The second-order valence-corrected chi connectivity index (χ2v) is 6.01. The fourth-order valence-electron chi connectivity index (χ4n) is 2.28. The van der Waals surface area contributed by atoms with Gasteiger partial charge in [0.05, 0.1) is 17.6 Å². The number of hydrogen-bond donors (Lipinski definition) is 0. The zero-order valence-corrected chi connectivity index (χ0v) is 15.3. The van der Waals surface area contributed by atoms with E-state index in [0.717, 1.165) is 41.6 Å². The summed E-state index contributed by atoms with van der Waals surface area (Å²) in [5, 5.41) is 0. The van der Waals surface area contributed by atoms with Crippen molar-refractivity contribution in [1.29, 1.82) is 0 Å². The molecule has 2 aromatic rings. The first-order valence-electron chi connectivity index (χ1n) is 8.29. The predicted molar refractivity (Wildman–Crippen MR) is 97.8 cm³/mol. The van der Waals surface area contributed by atoms with Crippen molar-refractivity contribution in [3.05, 3.63) is 64.2 Å². The molecule has 0 aliphatic heterocycles. The van der Waals surface area contributed by atoms with Gasteiger partial charge in [-0.05, 0) is 62.2 Å². The molecular weight excluding hydrogens is 338 g/mol. The topological polar surface area (TPSA) is 41.9 Å². The normalized spacial score (nSPS) is 11.0. The number of rotatable bonds is 6. The Hall–Kier alpha value is -2.76. The number of benzene rings is 2. The lowest BCUT2D eigenvalue weighted by molar-refractivity contribution is 0.0467. The number of halogens is 2. The van der Waals surface area contributed by atoms with Crippen LogP contribution in [0.15, 0.2) is 35.3 Å². The lowest BCUT2D eigenvalue weighted by Gasteiger charge is -2.13. The van der Waals surface area contributed by atoms with E-state index in [9.17, 15) is 13.6 Å². The van der Waals surface area contributed by atoms with Crippen LogP contribution in [0.5, 0.6) is 0 Å². The Morgan fingerprint density at radius 1 is 1.19 bits per heavy atom. The summed E-state index contributed by atoms with van der Waals surface area (Å²) in [4.78, 5) is 18.7. The van der Waals surface area contributed by atoms with Gasteiger partial charge in [0.1, 0.15) is 18.2 Å². The van der Waals surface area contributed by atoms with Crippen LogP contribution in [-0.4, -0.2) is 30.8 Å². The van der Waals surface area contributed by atoms with Gasteiger partial charge in [-0.25, -0.2) is 18.6 Å². The lowest BCUT2D eigenvalue weighted by atomic mass is 10.0. The van der Waals surface area contributed by atoms with Crippen LogP contribution in [0.1, 0.15) is 34.0 Å². The third-order valence-corrected chi connectivity index (χ3v) is 4.24. The SMILES string of the molecule is CCN(C)/C=N/c1ccc(C(=O)OCc2cc(F)ccc2F)c(C)c1C. The number of carbonyl (C=O) groups excluding carboxylic acids is 1. The van der Waals surface area contributed by atoms with Crippen molar-refractivity contribution in [2.24, 2.45) is 4.99 Å². The summed E-state index contributed by atoms with van der Waals surface area (Å²) in [5.41, 5.74) is 2.73. The Morgan fingerprint density at radius 3 is 2.62 bits per heavy atom. The summed E-state index contributed by atoms with van der Waals surface area (Å²) in [7, 11) is 1.92. The molecule has 0 saturated heterocycles. The van der Waals surface area contributed by atoms with Gasteiger partial charge in [-0.2, -0.15) is 0 Å². The van der Waals surface area contributed by atoms with Crippen molar-refractivity contribution >= 4 is 18.0 Å². The monoisotopic (exact) mass is 360 g/mol. The Morgan fingerprint density at radius 2 is 1.92 bits per heavy atom. The minimum absolute atomic E-state index is 0.00320. The fourth-order valence-corrected chi connectivity index (χ4v) is 2.28. The van der Waals surface area contributed by atoms with Gasteiger partial charge in [-0.1, -0.05) is 0 Å². The molecule has 0 fully saturated rings. The van der Waals surface area contributed by atoms with E-state index < -0.39 is 17.6 Å². The van der Waals surface area contributed by atoms with Crippen LogP contribution in [0, 0.1) is 25.5 Å². The van der Waals surface area contributed by atoms with Crippen LogP contribution >= 0.6 is 0 Å². The third kappa shape index (κ3) is 4.65. The van der Waals surface area contributed by atoms with Gasteiger partial charge in [0, 0.05) is 19.2 Å². The summed E-state index contributed by atoms with van der Waals surface area (Å²) in [6.45, 7) is 6.20. The van der Waals surface area contributed by atoms with E-state index in [1.54, 1.807) is 25.4 Å². The second kappa shape index (κ2) is 8.56. The molecule has 0 heterocycles. The number of hydrogen-bond acceptors (Lipinski definition) is 3. The van der Waals surface area contributed by atoms with Crippen molar-refractivity contribution in [2.45, 2.75) is 27.4 Å². The molecule has 0 aliphatic carbocycles. The second-order valence-electron chi connectivity index (χ2n) is 6.01. The maximum atomic E-state index is 13.6. The fraction of sp³-hybridized carbons (Fsp3) is 0.300. The molecule has 0 saturated carbocycles. The molecule has 26 heavy (non-hydrogen) atoms. The Bertz CT molecular complexity index is 835. The summed E-state index contributed by atoms with van der Waals surface area (Å²) in [5.74, 6) is -1.78. The Kier molecular flexibility index (Phi) is 6.44. The average Bonchev–Trinajstić information content (AvgIpc) is 2.63.